The lowest BCUT2D eigenvalue weighted by molar-refractivity contribution is -0.132. The van der Waals surface area contributed by atoms with Gasteiger partial charge in [-0.15, -0.1) is 12.4 Å². The topological polar surface area (TPSA) is 87.7 Å². The smallest absolute Gasteiger partial charge is 0.265 e. The maximum atomic E-state index is 12.8. The Morgan fingerprint density at radius 3 is 2.67 bits per heavy atom. The van der Waals surface area contributed by atoms with Gasteiger partial charge in [-0.25, -0.2) is 0 Å². The molecule has 0 radical (unpaired) electrons. The number of amides is 2. The van der Waals surface area contributed by atoms with Crippen molar-refractivity contribution in [2.45, 2.75) is 32.3 Å². The quantitative estimate of drug-likeness (QED) is 0.743. The first-order valence-corrected chi connectivity index (χ1v) is 9.07. The second-order valence-electron chi connectivity index (χ2n) is 6.83. The minimum absolute atomic E-state index is 0. The van der Waals surface area contributed by atoms with Crippen molar-refractivity contribution in [2.24, 2.45) is 5.92 Å². The van der Waals surface area contributed by atoms with Gasteiger partial charge in [0.2, 0.25) is 5.91 Å². The number of fused-ring (bicyclic) bond motifs is 1. The lowest BCUT2D eigenvalue weighted by atomic mass is 9.88. The number of halogens is 1. The highest BCUT2D eigenvalue weighted by molar-refractivity contribution is 6.02. The molecule has 3 rings (SSSR count). The van der Waals surface area contributed by atoms with Crippen molar-refractivity contribution in [3.05, 3.63) is 23.8 Å². The largest absolute Gasteiger partial charge is 0.479 e. The van der Waals surface area contributed by atoms with Gasteiger partial charge in [0.15, 0.2) is 11.9 Å². The van der Waals surface area contributed by atoms with E-state index < -0.39 is 6.10 Å². The number of nitrogens with one attached hydrogen (secondary N) is 2. The summed E-state index contributed by atoms with van der Waals surface area (Å²) in [6.07, 6.45) is 1.29. The fraction of sp³-hybridized carbons (Fsp3) is 0.526. The first kappa shape index (κ1) is 21.2. The van der Waals surface area contributed by atoms with Crippen molar-refractivity contribution < 1.29 is 19.1 Å². The molecule has 2 aliphatic heterocycles. The molecule has 1 aromatic rings. The van der Waals surface area contributed by atoms with E-state index in [1.54, 1.807) is 25.1 Å². The summed E-state index contributed by atoms with van der Waals surface area (Å²) in [6.45, 7) is 3.57. The molecule has 2 heterocycles. The predicted molar refractivity (Wildman–Crippen MR) is 105 cm³/mol. The summed E-state index contributed by atoms with van der Waals surface area (Å²) >= 11 is 0. The molecule has 2 amide bonds. The molecule has 148 valence electrons. The van der Waals surface area contributed by atoms with E-state index >= 15 is 0 Å². The lowest BCUT2D eigenvalue weighted by Crippen LogP contribution is -2.41. The van der Waals surface area contributed by atoms with Gasteiger partial charge < -0.3 is 20.3 Å². The minimum Gasteiger partial charge on any atom is -0.479 e. The van der Waals surface area contributed by atoms with E-state index in [0.29, 0.717) is 55.9 Å². The second kappa shape index (κ2) is 9.19. The van der Waals surface area contributed by atoms with Crippen molar-refractivity contribution in [3.63, 3.8) is 0 Å². The van der Waals surface area contributed by atoms with Crippen molar-refractivity contribution in [1.29, 1.82) is 0 Å². The third kappa shape index (κ3) is 4.78. The Morgan fingerprint density at radius 2 is 2.00 bits per heavy atom. The summed E-state index contributed by atoms with van der Waals surface area (Å²) in [5.41, 5.74) is 1.11. The van der Waals surface area contributed by atoms with E-state index in [2.05, 4.69) is 10.6 Å². The number of ketones is 1. The summed E-state index contributed by atoms with van der Waals surface area (Å²) in [6, 6.07) is 5.16. The number of Topliss-reactive ketones (excluding diaryl/α,β-unsaturated/α-hetero) is 1. The number of anilines is 1. The van der Waals surface area contributed by atoms with Gasteiger partial charge in [-0.1, -0.05) is 0 Å². The van der Waals surface area contributed by atoms with Crippen LogP contribution >= 0.6 is 12.4 Å². The lowest BCUT2D eigenvalue weighted by Gasteiger charge is -2.31. The summed E-state index contributed by atoms with van der Waals surface area (Å²) in [7, 11) is 1.82. The van der Waals surface area contributed by atoms with Gasteiger partial charge in [-0.05, 0) is 45.0 Å². The zero-order valence-corrected chi connectivity index (χ0v) is 16.4. The molecule has 0 bridgehead atoms. The number of carbonyl (C=O) groups excluding carboxylic acids is 3. The average Bonchev–Trinajstić information content (AvgIpc) is 2.66. The maximum absolute atomic E-state index is 12.8. The average molecular weight is 396 g/mol. The predicted octanol–water partition coefficient (Wildman–Crippen LogP) is 1.86. The molecular weight excluding hydrogens is 370 g/mol. The van der Waals surface area contributed by atoms with Crippen molar-refractivity contribution >= 4 is 35.7 Å². The molecule has 1 aromatic carbocycles. The van der Waals surface area contributed by atoms with Crippen LogP contribution in [-0.4, -0.2) is 55.3 Å². The Labute approximate surface area is 165 Å². The molecule has 7 nitrogen and oxygen atoms in total. The molecule has 0 saturated carbocycles. The molecule has 2 N–H and O–H groups in total. The number of ether oxygens (including phenoxy) is 1. The van der Waals surface area contributed by atoms with Crippen molar-refractivity contribution in [2.75, 3.05) is 32.0 Å². The van der Waals surface area contributed by atoms with Gasteiger partial charge >= 0.3 is 0 Å². The first-order valence-electron chi connectivity index (χ1n) is 9.07. The normalized spacial score (nSPS) is 19.4. The molecule has 2 aliphatic rings. The molecular formula is C19H26ClN3O4. The number of piperidine rings is 1. The zero-order valence-electron chi connectivity index (χ0n) is 15.6. The number of hydrogen-bond donors (Lipinski definition) is 2. The Bertz CT molecular complexity index is 717. The number of benzene rings is 1. The summed E-state index contributed by atoms with van der Waals surface area (Å²) in [4.78, 5) is 38.5. The van der Waals surface area contributed by atoms with Crippen LogP contribution in [0.4, 0.5) is 5.69 Å². The Balaban J connectivity index is 0.00000261. The van der Waals surface area contributed by atoms with E-state index in [1.165, 1.54) is 0 Å². The van der Waals surface area contributed by atoms with E-state index in [-0.39, 0.29) is 35.9 Å². The van der Waals surface area contributed by atoms with Gasteiger partial charge in [-0.3, -0.25) is 14.4 Å². The molecule has 1 unspecified atom stereocenters. The van der Waals surface area contributed by atoms with Crippen LogP contribution in [0.1, 0.15) is 36.5 Å². The first-order chi connectivity index (χ1) is 12.5. The van der Waals surface area contributed by atoms with E-state index in [1.807, 2.05) is 11.9 Å². The fourth-order valence-electron chi connectivity index (χ4n) is 3.38. The zero-order chi connectivity index (χ0) is 18.7. The summed E-state index contributed by atoms with van der Waals surface area (Å²) in [5.74, 6) is 0.464. The van der Waals surface area contributed by atoms with E-state index in [9.17, 15) is 14.4 Å². The molecule has 0 aromatic heterocycles. The van der Waals surface area contributed by atoms with E-state index in [4.69, 9.17) is 4.74 Å². The van der Waals surface area contributed by atoms with Gasteiger partial charge in [0.1, 0.15) is 5.75 Å². The second-order valence-corrected chi connectivity index (χ2v) is 6.83. The van der Waals surface area contributed by atoms with Crippen LogP contribution in [0.25, 0.3) is 0 Å². The summed E-state index contributed by atoms with van der Waals surface area (Å²) in [5, 5.41) is 5.75. The molecule has 8 heteroatoms. The minimum atomic E-state index is -0.533. The van der Waals surface area contributed by atoms with Crippen LogP contribution < -0.4 is 15.4 Å². The SMILES string of the molecule is CNCCC(=O)N1CCC(C(=O)c2ccc3c(c2)NC(=O)C(C)O3)CC1.Cl. The van der Waals surface area contributed by atoms with Gasteiger partial charge in [0, 0.05) is 37.5 Å². The molecule has 0 aliphatic carbocycles. The molecule has 1 saturated heterocycles. The van der Waals surface area contributed by atoms with Crippen LogP contribution in [0.15, 0.2) is 18.2 Å². The Morgan fingerprint density at radius 1 is 1.30 bits per heavy atom. The van der Waals surface area contributed by atoms with E-state index in [0.717, 1.165) is 0 Å². The Kier molecular flexibility index (Phi) is 7.21. The highest BCUT2D eigenvalue weighted by atomic mass is 35.5. The van der Waals surface area contributed by atoms with Gasteiger partial charge in [0.25, 0.3) is 5.91 Å². The number of hydrogen-bond acceptors (Lipinski definition) is 5. The maximum Gasteiger partial charge on any atom is 0.265 e. The number of nitrogens with zero attached hydrogens (tertiary/aromatic N) is 1. The highest BCUT2D eigenvalue weighted by Crippen LogP contribution is 2.32. The molecule has 1 atom stereocenters. The number of rotatable bonds is 5. The van der Waals surface area contributed by atoms with Crippen LogP contribution in [0.5, 0.6) is 5.75 Å². The van der Waals surface area contributed by atoms with Crippen molar-refractivity contribution in [3.8, 4) is 5.75 Å². The van der Waals surface area contributed by atoms with Crippen LogP contribution in [0, 0.1) is 5.92 Å². The monoisotopic (exact) mass is 395 g/mol. The van der Waals surface area contributed by atoms with Gasteiger partial charge in [-0.2, -0.15) is 0 Å². The van der Waals surface area contributed by atoms with Crippen LogP contribution in [0.2, 0.25) is 0 Å². The van der Waals surface area contributed by atoms with Gasteiger partial charge in [0.05, 0.1) is 5.69 Å². The number of carbonyl (C=O) groups is 3. The summed E-state index contributed by atoms with van der Waals surface area (Å²) < 4.78 is 5.52. The van der Waals surface area contributed by atoms with Crippen LogP contribution in [0.3, 0.4) is 0 Å². The van der Waals surface area contributed by atoms with Crippen molar-refractivity contribution in [1.82, 2.24) is 10.2 Å². The molecule has 0 spiro atoms. The highest BCUT2D eigenvalue weighted by Gasteiger charge is 2.29. The standard InChI is InChI=1S/C19H25N3O4.ClH/c1-12-19(25)21-15-11-14(3-4-16(15)26-12)18(24)13-6-9-22(10-7-13)17(23)5-8-20-2;/h3-4,11-13,20H,5-10H2,1-2H3,(H,21,25);1H. The van der Waals surface area contributed by atoms with Crippen LogP contribution in [-0.2, 0) is 9.59 Å². The molecule has 27 heavy (non-hydrogen) atoms. The molecule has 1 fully saturated rings. The fourth-order valence-corrected chi connectivity index (χ4v) is 3.38. The number of likely N-dealkylation sites (tertiary alicyclic amines) is 1. The third-order valence-electron chi connectivity index (χ3n) is 5.00. The third-order valence-corrected chi connectivity index (χ3v) is 5.00. The Hall–Kier alpha value is -2.12.